The molecule has 0 radical (unpaired) electrons. The quantitative estimate of drug-likeness (QED) is 0.689. The standard InChI is InChI=1S/C12H12N4O3S/c1-3-9-11(20-15-14-9)12(17)13-8-5-4-7(2)10(6-8)16(18)19/h4-6H,3H2,1-2H3,(H,13,17). The second-order valence-electron chi connectivity index (χ2n) is 4.11. The maximum atomic E-state index is 12.1. The Kier molecular flexibility index (Phi) is 4.04. The van der Waals surface area contributed by atoms with E-state index in [2.05, 4.69) is 14.9 Å². The molecule has 0 bridgehead atoms. The molecule has 0 atom stereocenters. The first-order valence-electron chi connectivity index (χ1n) is 5.90. The van der Waals surface area contributed by atoms with Crippen molar-refractivity contribution in [1.82, 2.24) is 9.59 Å². The van der Waals surface area contributed by atoms with E-state index in [-0.39, 0.29) is 11.6 Å². The molecule has 0 aliphatic carbocycles. The number of rotatable bonds is 4. The topological polar surface area (TPSA) is 98.0 Å². The van der Waals surface area contributed by atoms with Gasteiger partial charge in [0.2, 0.25) is 0 Å². The molecule has 1 aromatic heterocycles. The minimum Gasteiger partial charge on any atom is -0.321 e. The van der Waals surface area contributed by atoms with Crippen LogP contribution in [0.1, 0.15) is 27.9 Å². The Morgan fingerprint density at radius 3 is 2.90 bits per heavy atom. The summed E-state index contributed by atoms with van der Waals surface area (Å²) in [5.41, 5.74) is 1.51. The van der Waals surface area contributed by atoms with Gasteiger partial charge in [0.15, 0.2) is 0 Å². The van der Waals surface area contributed by atoms with Crippen molar-refractivity contribution >= 4 is 28.8 Å². The third-order valence-electron chi connectivity index (χ3n) is 2.76. The normalized spacial score (nSPS) is 10.3. The number of amides is 1. The summed E-state index contributed by atoms with van der Waals surface area (Å²) < 4.78 is 3.74. The number of anilines is 1. The lowest BCUT2D eigenvalue weighted by molar-refractivity contribution is -0.385. The molecule has 0 aliphatic heterocycles. The number of hydrogen-bond donors (Lipinski definition) is 1. The van der Waals surface area contributed by atoms with Crippen LogP contribution in [0.4, 0.5) is 11.4 Å². The van der Waals surface area contributed by atoms with Crippen molar-refractivity contribution in [3.05, 3.63) is 44.4 Å². The Labute approximate surface area is 119 Å². The van der Waals surface area contributed by atoms with Crippen LogP contribution in [0.3, 0.4) is 0 Å². The highest BCUT2D eigenvalue weighted by atomic mass is 32.1. The van der Waals surface area contributed by atoms with Crippen LogP contribution in [0, 0.1) is 17.0 Å². The molecular formula is C12H12N4O3S. The number of aromatic nitrogens is 2. The van der Waals surface area contributed by atoms with Gasteiger partial charge in [0.25, 0.3) is 11.6 Å². The maximum absolute atomic E-state index is 12.1. The molecule has 0 spiro atoms. The number of carbonyl (C=O) groups excluding carboxylic acids is 1. The second-order valence-corrected chi connectivity index (χ2v) is 4.87. The predicted molar refractivity (Wildman–Crippen MR) is 75.1 cm³/mol. The van der Waals surface area contributed by atoms with E-state index in [9.17, 15) is 14.9 Å². The van der Waals surface area contributed by atoms with Gasteiger partial charge in [-0.15, -0.1) is 5.10 Å². The molecule has 2 rings (SSSR count). The molecule has 1 heterocycles. The molecule has 1 aromatic carbocycles. The summed E-state index contributed by atoms with van der Waals surface area (Å²) >= 11 is 1.01. The van der Waals surface area contributed by atoms with E-state index in [1.54, 1.807) is 19.1 Å². The zero-order valence-electron chi connectivity index (χ0n) is 10.9. The number of carbonyl (C=O) groups is 1. The lowest BCUT2D eigenvalue weighted by Gasteiger charge is -2.05. The molecule has 0 aliphatic rings. The van der Waals surface area contributed by atoms with Crippen molar-refractivity contribution in [1.29, 1.82) is 0 Å². The van der Waals surface area contributed by atoms with Crippen molar-refractivity contribution in [3.63, 3.8) is 0 Å². The van der Waals surface area contributed by atoms with E-state index in [1.807, 2.05) is 6.92 Å². The fraction of sp³-hybridized carbons (Fsp3) is 0.250. The van der Waals surface area contributed by atoms with Crippen LogP contribution in [0.2, 0.25) is 0 Å². The van der Waals surface area contributed by atoms with E-state index in [0.29, 0.717) is 28.2 Å². The number of nitro groups is 1. The Balaban J connectivity index is 2.24. The Morgan fingerprint density at radius 2 is 2.25 bits per heavy atom. The van der Waals surface area contributed by atoms with Gasteiger partial charge in [-0.25, -0.2) is 0 Å². The van der Waals surface area contributed by atoms with Gasteiger partial charge < -0.3 is 5.32 Å². The molecule has 8 heteroatoms. The third-order valence-corrected chi connectivity index (χ3v) is 3.53. The zero-order valence-corrected chi connectivity index (χ0v) is 11.7. The van der Waals surface area contributed by atoms with Gasteiger partial charge in [-0.2, -0.15) is 0 Å². The molecule has 0 saturated carbocycles. The van der Waals surface area contributed by atoms with Gasteiger partial charge in [-0.1, -0.05) is 17.5 Å². The maximum Gasteiger partial charge on any atom is 0.274 e. The van der Waals surface area contributed by atoms with E-state index in [4.69, 9.17) is 0 Å². The van der Waals surface area contributed by atoms with Crippen LogP contribution in [0.15, 0.2) is 18.2 Å². The average Bonchev–Trinajstić information content (AvgIpc) is 2.89. The van der Waals surface area contributed by atoms with Crippen LogP contribution in [-0.2, 0) is 6.42 Å². The Bertz CT molecular complexity index is 668. The van der Waals surface area contributed by atoms with Crippen molar-refractivity contribution in [2.24, 2.45) is 0 Å². The van der Waals surface area contributed by atoms with Gasteiger partial charge in [0.05, 0.1) is 10.6 Å². The molecule has 20 heavy (non-hydrogen) atoms. The largest absolute Gasteiger partial charge is 0.321 e. The van der Waals surface area contributed by atoms with Crippen LogP contribution < -0.4 is 5.32 Å². The van der Waals surface area contributed by atoms with Gasteiger partial charge in [-0.3, -0.25) is 14.9 Å². The molecular weight excluding hydrogens is 280 g/mol. The summed E-state index contributed by atoms with van der Waals surface area (Å²) in [6.45, 7) is 3.52. The lowest BCUT2D eigenvalue weighted by Crippen LogP contribution is -2.12. The highest BCUT2D eigenvalue weighted by Crippen LogP contribution is 2.23. The van der Waals surface area contributed by atoms with Crippen LogP contribution in [0.5, 0.6) is 0 Å². The SMILES string of the molecule is CCc1nnsc1C(=O)Nc1ccc(C)c([N+](=O)[O-])c1. The van der Waals surface area contributed by atoms with E-state index < -0.39 is 4.92 Å². The first-order valence-corrected chi connectivity index (χ1v) is 6.68. The number of hydrogen-bond acceptors (Lipinski definition) is 6. The predicted octanol–water partition coefficient (Wildman–Crippen LogP) is 2.57. The summed E-state index contributed by atoms with van der Waals surface area (Å²) in [6.07, 6.45) is 0.604. The minimum absolute atomic E-state index is 0.0269. The first kappa shape index (κ1) is 14.1. The highest BCUT2D eigenvalue weighted by Gasteiger charge is 2.17. The molecule has 0 saturated heterocycles. The number of benzene rings is 1. The fourth-order valence-corrected chi connectivity index (χ4v) is 2.33. The number of aryl methyl sites for hydroxylation is 2. The Hall–Kier alpha value is -2.35. The van der Waals surface area contributed by atoms with E-state index in [1.165, 1.54) is 6.07 Å². The third kappa shape index (κ3) is 2.80. The molecule has 7 nitrogen and oxygen atoms in total. The molecule has 0 fully saturated rings. The summed E-state index contributed by atoms with van der Waals surface area (Å²) in [5.74, 6) is -0.352. The number of nitrogens with one attached hydrogen (secondary N) is 1. The van der Waals surface area contributed by atoms with Crippen molar-refractivity contribution < 1.29 is 9.72 Å². The van der Waals surface area contributed by atoms with Crippen molar-refractivity contribution in [2.75, 3.05) is 5.32 Å². The number of nitro benzene ring substituents is 1. The van der Waals surface area contributed by atoms with Crippen LogP contribution in [-0.4, -0.2) is 20.4 Å². The number of nitrogens with zero attached hydrogens (tertiary/aromatic N) is 3. The molecule has 104 valence electrons. The van der Waals surface area contributed by atoms with Crippen molar-refractivity contribution in [2.45, 2.75) is 20.3 Å². The van der Waals surface area contributed by atoms with Crippen molar-refractivity contribution in [3.8, 4) is 0 Å². The second kappa shape index (κ2) is 5.74. The van der Waals surface area contributed by atoms with E-state index in [0.717, 1.165) is 11.5 Å². The molecule has 0 unspecified atom stereocenters. The summed E-state index contributed by atoms with van der Waals surface area (Å²) in [7, 11) is 0. The molecule has 1 N–H and O–H groups in total. The van der Waals surface area contributed by atoms with Crippen LogP contribution in [0.25, 0.3) is 0 Å². The highest BCUT2D eigenvalue weighted by molar-refractivity contribution is 7.08. The van der Waals surface area contributed by atoms with Gasteiger partial charge in [0, 0.05) is 17.3 Å². The smallest absolute Gasteiger partial charge is 0.274 e. The lowest BCUT2D eigenvalue weighted by atomic mass is 10.2. The minimum atomic E-state index is -0.475. The molecule has 2 aromatic rings. The fourth-order valence-electron chi connectivity index (χ4n) is 1.68. The van der Waals surface area contributed by atoms with Gasteiger partial charge >= 0.3 is 0 Å². The summed E-state index contributed by atoms with van der Waals surface area (Å²) in [5, 5.41) is 17.3. The van der Waals surface area contributed by atoms with E-state index >= 15 is 0 Å². The molecule has 1 amide bonds. The summed E-state index contributed by atoms with van der Waals surface area (Å²) in [6, 6.07) is 4.56. The van der Waals surface area contributed by atoms with Gasteiger partial charge in [0.1, 0.15) is 4.88 Å². The Morgan fingerprint density at radius 1 is 1.50 bits per heavy atom. The van der Waals surface area contributed by atoms with Gasteiger partial charge in [-0.05, 0) is 30.9 Å². The zero-order chi connectivity index (χ0) is 14.7. The monoisotopic (exact) mass is 292 g/mol. The first-order chi connectivity index (χ1) is 9.52. The summed E-state index contributed by atoms with van der Waals surface area (Å²) in [4.78, 5) is 22.9. The van der Waals surface area contributed by atoms with Crippen LogP contribution >= 0.6 is 11.5 Å². The average molecular weight is 292 g/mol.